The first-order valence-electron chi connectivity index (χ1n) is 11.1. The molecule has 1 aromatic heterocycles. The minimum Gasteiger partial charge on any atom is -0.454 e. The lowest BCUT2D eigenvalue weighted by molar-refractivity contribution is 0.0475. The molecule has 5 heteroatoms. The average molecular weight is 468 g/mol. The molecule has 0 saturated heterocycles. The number of para-hydroxylation sites is 1. The predicted molar refractivity (Wildman–Crippen MR) is 135 cm³/mol. The van der Waals surface area contributed by atoms with Gasteiger partial charge in [-0.2, -0.15) is 0 Å². The monoisotopic (exact) mass is 467 g/mol. The van der Waals surface area contributed by atoms with Gasteiger partial charge in [-0.3, -0.25) is 4.79 Å². The lowest BCUT2D eigenvalue weighted by atomic mass is 10.0. The summed E-state index contributed by atoms with van der Waals surface area (Å²) in [5.41, 5.74) is 6.78. The summed E-state index contributed by atoms with van der Waals surface area (Å²) in [7, 11) is 0. The molecule has 0 amide bonds. The van der Waals surface area contributed by atoms with Crippen LogP contribution < -0.4 is 0 Å². The highest BCUT2D eigenvalue weighted by atomic mass is 35.5. The van der Waals surface area contributed by atoms with Gasteiger partial charge in [0.25, 0.3) is 0 Å². The van der Waals surface area contributed by atoms with Gasteiger partial charge in [-0.05, 0) is 72.9 Å². The van der Waals surface area contributed by atoms with E-state index < -0.39 is 5.97 Å². The molecule has 0 aliphatic heterocycles. The molecule has 0 unspecified atom stereocenters. The number of rotatable bonds is 5. The molecule has 5 rings (SSSR count). The molecule has 0 N–H and O–H groups in total. The highest BCUT2D eigenvalue weighted by Gasteiger charge is 2.28. The van der Waals surface area contributed by atoms with Gasteiger partial charge in [0.2, 0.25) is 0 Å². The van der Waals surface area contributed by atoms with Crippen molar-refractivity contribution in [2.24, 2.45) is 0 Å². The number of esters is 1. The number of halogens is 1. The molecule has 0 radical (unpaired) electrons. The SMILES string of the molecule is Cc1ccc(C=C2CCc3c2nc2ccccc2c3C(=O)OCC(=O)c2ccc(Cl)cc2)cc1. The third-order valence-electron chi connectivity index (χ3n) is 6.06. The third-order valence-corrected chi connectivity index (χ3v) is 6.32. The highest BCUT2D eigenvalue weighted by molar-refractivity contribution is 6.30. The quantitative estimate of drug-likeness (QED) is 0.241. The van der Waals surface area contributed by atoms with E-state index in [-0.39, 0.29) is 12.4 Å². The second-order valence-corrected chi connectivity index (χ2v) is 8.85. The minimum absolute atomic E-state index is 0.278. The molecule has 0 fully saturated rings. The normalized spacial score (nSPS) is 13.8. The van der Waals surface area contributed by atoms with Crippen molar-refractivity contribution in [3.8, 4) is 0 Å². The maximum absolute atomic E-state index is 13.3. The van der Waals surface area contributed by atoms with Crippen molar-refractivity contribution in [2.45, 2.75) is 19.8 Å². The van der Waals surface area contributed by atoms with E-state index in [1.54, 1.807) is 24.3 Å². The summed E-state index contributed by atoms with van der Waals surface area (Å²) in [6.07, 6.45) is 3.61. The molecular formula is C29H22ClNO3. The van der Waals surface area contributed by atoms with Crippen molar-refractivity contribution in [3.63, 3.8) is 0 Å². The van der Waals surface area contributed by atoms with Crippen molar-refractivity contribution in [1.29, 1.82) is 0 Å². The van der Waals surface area contributed by atoms with Gasteiger partial charge in [0.15, 0.2) is 12.4 Å². The molecule has 0 atom stereocenters. The topological polar surface area (TPSA) is 56.3 Å². The standard InChI is InChI=1S/C29H22ClNO3/c1-18-6-8-19(9-7-18)16-21-12-15-24-27(23-4-2-3-5-25(23)31-28(21)24)29(33)34-17-26(32)20-10-13-22(30)14-11-20/h2-11,13-14,16H,12,15,17H2,1H3. The second-order valence-electron chi connectivity index (χ2n) is 8.42. The highest BCUT2D eigenvalue weighted by Crippen LogP contribution is 2.37. The molecule has 1 aliphatic rings. The first-order chi connectivity index (χ1) is 16.5. The van der Waals surface area contributed by atoms with Gasteiger partial charge in [0, 0.05) is 16.0 Å². The summed E-state index contributed by atoms with van der Waals surface area (Å²) in [6.45, 7) is 1.73. The Bertz CT molecular complexity index is 1440. The van der Waals surface area contributed by atoms with Crippen LogP contribution in [0.1, 0.15) is 49.5 Å². The summed E-state index contributed by atoms with van der Waals surface area (Å²) in [5, 5.41) is 1.28. The van der Waals surface area contributed by atoms with Crippen molar-refractivity contribution in [1.82, 2.24) is 4.98 Å². The number of benzene rings is 3. The average Bonchev–Trinajstić information content (AvgIpc) is 3.24. The maximum Gasteiger partial charge on any atom is 0.339 e. The molecule has 0 bridgehead atoms. The number of nitrogens with zero attached hydrogens (tertiary/aromatic N) is 1. The number of aromatic nitrogens is 1. The number of carbonyl (C=O) groups is 2. The minimum atomic E-state index is -0.506. The van der Waals surface area contributed by atoms with Crippen molar-refractivity contribution >= 4 is 45.9 Å². The Balaban J connectivity index is 1.48. The zero-order chi connectivity index (χ0) is 23.7. The van der Waals surface area contributed by atoms with E-state index in [1.165, 1.54) is 5.56 Å². The number of ketones is 1. The third kappa shape index (κ3) is 4.37. The summed E-state index contributed by atoms with van der Waals surface area (Å²) >= 11 is 5.90. The van der Waals surface area contributed by atoms with Gasteiger partial charge in [0.05, 0.1) is 16.8 Å². The lowest BCUT2D eigenvalue weighted by Crippen LogP contribution is -2.16. The second kappa shape index (κ2) is 9.24. The van der Waals surface area contributed by atoms with Gasteiger partial charge in [-0.1, -0.05) is 59.6 Å². The number of fused-ring (bicyclic) bond motifs is 2. The maximum atomic E-state index is 13.3. The molecule has 1 aliphatic carbocycles. The summed E-state index contributed by atoms with van der Waals surface area (Å²) < 4.78 is 5.51. The van der Waals surface area contributed by atoms with Crippen molar-refractivity contribution in [2.75, 3.05) is 6.61 Å². The largest absolute Gasteiger partial charge is 0.454 e. The molecular weight excluding hydrogens is 446 g/mol. The number of pyridine rings is 1. The van der Waals surface area contributed by atoms with Crippen LogP contribution in [0.3, 0.4) is 0 Å². The summed E-state index contributed by atoms with van der Waals surface area (Å²) in [6, 6.07) is 22.4. The lowest BCUT2D eigenvalue weighted by Gasteiger charge is -2.12. The number of aryl methyl sites for hydroxylation is 1. The van der Waals surface area contributed by atoms with Crippen LogP contribution in [-0.2, 0) is 11.2 Å². The van der Waals surface area contributed by atoms with E-state index in [1.807, 2.05) is 24.3 Å². The van der Waals surface area contributed by atoms with E-state index in [0.29, 0.717) is 22.6 Å². The van der Waals surface area contributed by atoms with Crippen LogP contribution in [0.4, 0.5) is 0 Å². The molecule has 34 heavy (non-hydrogen) atoms. The first-order valence-corrected chi connectivity index (χ1v) is 11.5. The number of Topliss-reactive ketones (excluding diaryl/α,β-unsaturated/α-hetero) is 1. The Kier molecular flexibility index (Phi) is 5.99. The number of allylic oxidation sites excluding steroid dienone is 1. The number of ether oxygens (including phenoxy) is 1. The predicted octanol–water partition coefficient (Wildman–Crippen LogP) is 6.72. The Morgan fingerprint density at radius 1 is 0.971 bits per heavy atom. The molecule has 3 aromatic carbocycles. The van der Waals surface area contributed by atoms with Gasteiger partial charge in [0.1, 0.15) is 0 Å². The van der Waals surface area contributed by atoms with Crippen LogP contribution in [0.5, 0.6) is 0 Å². The molecule has 0 saturated carbocycles. The van der Waals surface area contributed by atoms with E-state index in [4.69, 9.17) is 21.3 Å². The van der Waals surface area contributed by atoms with Gasteiger partial charge < -0.3 is 4.74 Å². The van der Waals surface area contributed by atoms with Gasteiger partial charge in [-0.25, -0.2) is 9.78 Å². The first kappa shape index (κ1) is 22.1. The van der Waals surface area contributed by atoms with E-state index in [9.17, 15) is 9.59 Å². The van der Waals surface area contributed by atoms with Crippen LogP contribution in [-0.4, -0.2) is 23.3 Å². The van der Waals surface area contributed by atoms with Crippen LogP contribution in [0.25, 0.3) is 22.6 Å². The number of hydrogen-bond acceptors (Lipinski definition) is 4. The Labute approximate surface area is 202 Å². The zero-order valence-electron chi connectivity index (χ0n) is 18.7. The zero-order valence-corrected chi connectivity index (χ0v) is 19.4. The fourth-order valence-corrected chi connectivity index (χ4v) is 4.42. The van der Waals surface area contributed by atoms with Gasteiger partial charge >= 0.3 is 5.97 Å². The van der Waals surface area contributed by atoms with E-state index >= 15 is 0 Å². The van der Waals surface area contributed by atoms with Crippen LogP contribution in [0, 0.1) is 6.92 Å². The smallest absolute Gasteiger partial charge is 0.339 e. The van der Waals surface area contributed by atoms with E-state index in [2.05, 4.69) is 37.3 Å². The Morgan fingerprint density at radius 2 is 1.71 bits per heavy atom. The summed E-state index contributed by atoms with van der Waals surface area (Å²) in [4.78, 5) is 30.7. The Morgan fingerprint density at radius 3 is 2.47 bits per heavy atom. The molecule has 1 heterocycles. The number of hydrogen-bond donors (Lipinski definition) is 0. The Hall–Kier alpha value is -3.76. The molecule has 0 spiro atoms. The van der Waals surface area contributed by atoms with E-state index in [0.717, 1.165) is 39.7 Å². The van der Waals surface area contributed by atoms with Crippen LogP contribution >= 0.6 is 11.6 Å². The number of carbonyl (C=O) groups excluding carboxylic acids is 2. The van der Waals surface area contributed by atoms with Crippen LogP contribution in [0.15, 0.2) is 72.8 Å². The van der Waals surface area contributed by atoms with Crippen molar-refractivity contribution < 1.29 is 14.3 Å². The molecule has 168 valence electrons. The fraction of sp³-hybridized carbons (Fsp3) is 0.138. The molecule has 4 nitrogen and oxygen atoms in total. The fourth-order valence-electron chi connectivity index (χ4n) is 4.30. The molecule has 4 aromatic rings. The van der Waals surface area contributed by atoms with Crippen LogP contribution in [0.2, 0.25) is 5.02 Å². The summed E-state index contributed by atoms with van der Waals surface area (Å²) in [5.74, 6) is -0.784. The van der Waals surface area contributed by atoms with Crippen molar-refractivity contribution in [3.05, 3.63) is 111 Å². The van der Waals surface area contributed by atoms with Gasteiger partial charge in [-0.15, -0.1) is 0 Å².